The lowest BCUT2D eigenvalue weighted by atomic mass is 9.83. The summed E-state index contributed by atoms with van der Waals surface area (Å²) < 4.78 is 0. The first-order valence-corrected chi connectivity index (χ1v) is 7.31. The highest BCUT2D eigenvalue weighted by Crippen LogP contribution is 2.30. The van der Waals surface area contributed by atoms with Crippen LogP contribution in [-0.2, 0) is 0 Å². The van der Waals surface area contributed by atoms with Gasteiger partial charge in [0.15, 0.2) is 0 Å². The molecule has 0 saturated carbocycles. The van der Waals surface area contributed by atoms with Crippen molar-refractivity contribution in [2.24, 2.45) is 5.41 Å². The Morgan fingerprint density at radius 1 is 1.25 bits per heavy atom. The minimum atomic E-state index is -0.444. The summed E-state index contributed by atoms with van der Waals surface area (Å²) in [6, 6.07) is 7.49. The molecule has 1 aromatic carbocycles. The van der Waals surface area contributed by atoms with Crippen LogP contribution in [0.15, 0.2) is 35.9 Å². The number of aliphatic hydroxyl groups is 1. The van der Waals surface area contributed by atoms with Crippen LogP contribution >= 0.6 is 0 Å². The predicted molar refractivity (Wildman–Crippen MR) is 84.4 cm³/mol. The lowest BCUT2D eigenvalue weighted by molar-refractivity contribution is 0.116. The van der Waals surface area contributed by atoms with Crippen LogP contribution in [0.2, 0.25) is 0 Å². The molecule has 1 aromatic rings. The molecule has 1 aliphatic rings. The van der Waals surface area contributed by atoms with Crippen molar-refractivity contribution in [1.82, 2.24) is 4.90 Å². The maximum absolute atomic E-state index is 10.3. The van der Waals surface area contributed by atoms with Crippen LogP contribution in [0.25, 0.3) is 0 Å². The number of nitrogen functional groups attached to an aromatic ring is 1. The molecule has 1 aliphatic heterocycles. The number of aliphatic hydroxyl groups excluding tert-OH is 1. The van der Waals surface area contributed by atoms with Crippen LogP contribution in [0.4, 0.5) is 5.69 Å². The quantitative estimate of drug-likeness (QED) is 0.658. The molecule has 0 saturated heterocycles. The normalized spacial score (nSPS) is 18.7. The fourth-order valence-electron chi connectivity index (χ4n) is 2.63. The lowest BCUT2D eigenvalue weighted by Gasteiger charge is -2.33. The second-order valence-corrected chi connectivity index (χ2v) is 6.67. The molecule has 0 radical (unpaired) electrons. The molecular formula is C17H26N2O. The number of β-amino-alcohol motifs (C(OH)–C–C–N with tert-alkyl or cyclic N) is 1. The summed E-state index contributed by atoms with van der Waals surface area (Å²) >= 11 is 0. The molecule has 3 N–H and O–H groups in total. The van der Waals surface area contributed by atoms with Gasteiger partial charge in [0.05, 0.1) is 6.10 Å². The Bertz CT molecular complexity index is 471. The Balaban J connectivity index is 1.92. The van der Waals surface area contributed by atoms with Crippen molar-refractivity contribution < 1.29 is 5.11 Å². The van der Waals surface area contributed by atoms with E-state index in [2.05, 4.69) is 31.7 Å². The minimum absolute atomic E-state index is 0.266. The molecule has 0 aliphatic carbocycles. The first kappa shape index (κ1) is 15.1. The summed E-state index contributed by atoms with van der Waals surface area (Å²) in [4.78, 5) is 2.30. The van der Waals surface area contributed by atoms with Gasteiger partial charge in [-0.05, 0) is 29.5 Å². The standard InChI is InChI=1S/C17H26N2O/c1-17(2,3)14-8-10-19(11-9-14)12-16(20)13-4-6-15(18)7-5-13/h4-8,16,20H,9-12,18H2,1-3H3. The Morgan fingerprint density at radius 3 is 2.40 bits per heavy atom. The molecule has 110 valence electrons. The molecule has 0 fully saturated rings. The zero-order chi connectivity index (χ0) is 14.8. The Morgan fingerprint density at radius 2 is 1.90 bits per heavy atom. The fourth-order valence-corrected chi connectivity index (χ4v) is 2.63. The third-order valence-electron chi connectivity index (χ3n) is 4.01. The Labute approximate surface area is 122 Å². The summed E-state index contributed by atoms with van der Waals surface area (Å²) in [7, 11) is 0. The molecule has 0 spiro atoms. The van der Waals surface area contributed by atoms with Gasteiger partial charge in [-0.1, -0.05) is 44.6 Å². The Kier molecular flexibility index (Phi) is 4.51. The van der Waals surface area contributed by atoms with Crippen molar-refractivity contribution in [3.8, 4) is 0 Å². The number of rotatable bonds is 3. The number of nitrogens with two attached hydrogens (primary N) is 1. The monoisotopic (exact) mass is 274 g/mol. The average Bonchev–Trinajstić information content (AvgIpc) is 2.39. The molecule has 0 bridgehead atoms. The molecule has 20 heavy (non-hydrogen) atoms. The van der Waals surface area contributed by atoms with E-state index in [0.29, 0.717) is 6.54 Å². The van der Waals surface area contributed by atoms with Gasteiger partial charge in [0, 0.05) is 25.3 Å². The van der Waals surface area contributed by atoms with Gasteiger partial charge in [-0.15, -0.1) is 0 Å². The van der Waals surface area contributed by atoms with Crippen LogP contribution in [0.3, 0.4) is 0 Å². The molecule has 2 rings (SSSR count). The molecule has 1 atom stereocenters. The topological polar surface area (TPSA) is 49.5 Å². The van der Waals surface area contributed by atoms with Gasteiger partial charge < -0.3 is 10.8 Å². The molecule has 3 heteroatoms. The van der Waals surface area contributed by atoms with Crippen molar-refractivity contribution in [3.63, 3.8) is 0 Å². The van der Waals surface area contributed by atoms with E-state index in [-0.39, 0.29) is 5.41 Å². The van der Waals surface area contributed by atoms with Crippen LogP contribution < -0.4 is 5.73 Å². The molecule has 0 aromatic heterocycles. The van der Waals surface area contributed by atoms with Crippen LogP contribution in [0.5, 0.6) is 0 Å². The van der Waals surface area contributed by atoms with Crippen molar-refractivity contribution in [1.29, 1.82) is 0 Å². The van der Waals surface area contributed by atoms with Crippen molar-refractivity contribution in [3.05, 3.63) is 41.5 Å². The minimum Gasteiger partial charge on any atom is -0.399 e. The number of anilines is 1. The second-order valence-electron chi connectivity index (χ2n) is 6.67. The highest BCUT2D eigenvalue weighted by molar-refractivity contribution is 5.39. The largest absolute Gasteiger partial charge is 0.399 e. The summed E-state index contributed by atoms with van der Waals surface area (Å²) in [6.07, 6.45) is 2.97. The third-order valence-corrected chi connectivity index (χ3v) is 4.01. The van der Waals surface area contributed by atoms with E-state index in [1.165, 1.54) is 5.57 Å². The van der Waals surface area contributed by atoms with Gasteiger partial charge in [0.25, 0.3) is 0 Å². The average molecular weight is 274 g/mol. The fraction of sp³-hybridized carbons (Fsp3) is 0.529. The number of hydrogen-bond acceptors (Lipinski definition) is 3. The number of benzene rings is 1. The summed E-state index contributed by atoms with van der Waals surface area (Å²) in [6.45, 7) is 9.42. The van der Waals surface area contributed by atoms with Gasteiger partial charge >= 0.3 is 0 Å². The van der Waals surface area contributed by atoms with Crippen LogP contribution in [-0.4, -0.2) is 29.6 Å². The van der Waals surface area contributed by atoms with E-state index in [4.69, 9.17) is 5.73 Å². The number of hydrogen-bond donors (Lipinski definition) is 2. The first-order valence-electron chi connectivity index (χ1n) is 7.31. The van der Waals surface area contributed by atoms with Gasteiger partial charge in [-0.2, -0.15) is 0 Å². The summed E-state index contributed by atoms with van der Waals surface area (Å²) in [5, 5.41) is 10.3. The zero-order valence-corrected chi connectivity index (χ0v) is 12.8. The van der Waals surface area contributed by atoms with Crippen molar-refractivity contribution in [2.45, 2.75) is 33.3 Å². The van der Waals surface area contributed by atoms with E-state index >= 15 is 0 Å². The van der Waals surface area contributed by atoms with Crippen molar-refractivity contribution in [2.75, 3.05) is 25.4 Å². The molecule has 3 nitrogen and oxygen atoms in total. The number of nitrogens with zero attached hydrogens (tertiary/aromatic N) is 1. The van der Waals surface area contributed by atoms with E-state index in [1.54, 1.807) is 0 Å². The van der Waals surface area contributed by atoms with Gasteiger partial charge in [0.1, 0.15) is 0 Å². The molecule has 1 heterocycles. The highest BCUT2D eigenvalue weighted by Gasteiger charge is 2.22. The third kappa shape index (κ3) is 3.84. The van der Waals surface area contributed by atoms with Gasteiger partial charge in [-0.25, -0.2) is 0 Å². The van der Waals surface area contributed by atoms with E-state index in [9.17, 15) is 5.11 Å². The van der Waals surface area contributed by atoms with Crippen molar-refractivity contribution >= 4 is 5.69 Å². The summed E-state index contributed by atoms with van der Waals surface area (Å²) in [5.41, 5.74) is 9.12. The van der Waals surface area contributed by atoms with E-state index < -0.39 is 6.10 Å². The van der Waals surface area contributed by atoms with Gasteiger partial charge in [0.2, 0.25) is 0 Å². The first-order chi connectivity index (χ1) is 9.36. The van der Waals surface area contributed by atoms with Crippen LogP contribution in [0, 0.1) is 5.41 Å². The van der Waals surface area contributed by atoms with E-state index in [0.717, 1.165) is 30.8 Å². The lowest BCUT2D eigenvalue weighted by Crippen LogP contribution is -2.34. The Hall–Kier alpha value is -1.32. The zero-order valence-electron chi connectivity index (χ0n) is 12.8. The second kappa shape index (κ2) is 5.98. The molecular weight excluding hydrogens is 248 g/mol. The molecule has 1 unspecified atom stereocenters. The molecule has 0 amide bonds. The van der Waals surface area contributed by atoms with Gasteiger partial charge in [-0.3, -0.25) is 4.90 Å². The highest BCUT2D eigenvalue weighted by atomic mass is 16.3. The predicted octanol–water partition coefficient (Wildman–Crippen LogP) is 2.98. The maximum Gasteiger partial charge on any atom is 0.0917 e. The van der Waals surface area contributed by atoms with E-state index in [1.807, 2.05) is 24.3 Å². The van der Waals surface area contributed by atoms with Crippen LogP contribution in [0.1, 0.15) is 38.9 Å². The smallest absolute Gasteiger partial charge is 0.0917 e. The SMILES string of the molecule is CC(C)(C)C1=CCN(CC(O)c2ccc(N)cc2)CC1. The maximum atomic E-state index is 10.3. The summed E-state index contributed by atoms with van der Waals surface area (Å²) in [5.74, 6) is 0.